The van der Waals surface area contributed by atoms with Crippen molar-refractivity contribution in [1.82, 2.24) is 0 Å². The average Bonchev–Trinajstić information content (AvgIpc) is 2.75. The zero-order chi connectivity index (χ0) is 23.6. The minimum Gasteiger partial charge on any atom is -1.00 e. The van der Waals surface area contributed by atoms with Gasteiger partial charge in [0.05, 0.1) is 47.6 Å². The average molecular weight is 496 g/mol. The van der Waals surface area contributed by atoms with Gasteiger partial charge in [0.2, 0.25) is 0 Å². The summed E-state index contributed by atoms with van der Waals surface area (Å²) in [5.41, 5.74) is 0. The van der Waals surface area contributed by atoms with E-state index in [2.05, 4.69) is 28.1 Å². The molecule has 0 radical (unpaired) electrons. The Labute approximate surface area is 213 Å². The maximum atomic E-state index is 5.56. The fourth-order valence-electron chi connectivity index (χ4n) is 3.50. The summed E-state index contributed by atoms with van der Waals surface area (Å²) in [6.07, 6.45) is 20.3. The standard InChI is InChI=1S/C27H58NO4.ClH/c1-5-6-7-8-9-10-11-12-13-14-15-16-17-18-21-31-27-32-23-19-22-29-25-26-30-24-20-28(2,3)4;/h5-27H2,1-4H3;1H/q+1;/p-1. The number of ether oxygens (including phenoxy) is 4. The second-order valence-corrected chi connectivity index (χ2v) is 10.1. The van der Waals surface area contributed by atoms with E-state index in [-0.39, 0.29) is 12.4 Å². The topological polar surface area (TPSA) is 36.9 Å². The van der Waals surface area contributed by atoms with Crippen LogP contribution in [0.3, 0.4) is 0 Å². The lowest BCUT2D eigenvalue weighted by Crippen LogP contribution is -3.00. The molecule has 0 heterocycles. The van der Waals surface area contributed by atoms with Crippen molar-refractivity contribution in [2.75, 3.05) is 74.1 Å². The van der Waals surface area contributed by atoms with Crippen molar-refractivity contribution in [3.63, 3.8) is 0 Å². The first-order chi connectivity index (χ1) is 15.6. The van der Waals surface area contributed by atoms with Crippen molar-refractivity contribution in [1.29, 1.82) is 0 Å². The van der Waals surface area contributed by atoms with Crippen LogP contribution in [0.15, 0.2) is 0 Å². The van der Waals surface area contributed by atoms with Gasteiger partial charge in [-0.2, -0.15) is 0 Å². The van der Waals surface area contributed by atoms with Gasteiger partial charge in [0.25, 0.3) is 0 Å². The SMILES string of the molecule is CCCCCCCCCCCCCCCCOCOCCCOCCOCC[N+](C)(C)C.[Cl-]. The lowest BCUT2D eigenvalue weighted by molar-refractivity contribution is -0.870. The quantitative estimate of drug-likeness (QED) is 0.0991. The van der Waals surface area contributed by atoms with Crippen molar-refractivity contribution in [2.24, 2.45) is 0 Å². The van der Waals surface area contributed by atoms with Gasteiger partial charge in [-0.15, -0.1) is 0 Å². The molecule has 0 aromatic carbocycles. The van der Waals surface area contributed by atoms with Crippen LogP contribution in [0.4, 0.5) is 0 Å². The molecule has 0 aliphatic heterocycles. The molecule has 0 aromatic rings. The molecule has 0 saturated carbocycles. The van der Waals surface area contributed by atoms with Gasteiger partial charge in [-0.1, -0.05) is 90.4 Å². The number of hydrogen-bond acceptors (Lipinski definition) is 4. The van der Waals surface area contributed by atoms with Crippen molar-refractivity contribution in [3.05, 3.63) is 0 Å². The molecule has 0 fully saturated rings. The monoisotopic (exact) mass is 495 g/mol. The minimum absolute atomic E-state index is 0. The summed E-state index contributed by atoms with van der Waals surface area (Å²) in [7, 11) is 6.51. The maximum Gasteiger partial charge on any atom is 0.146 e. The lowest BCUT2D eigenvalue weighted by Gasteiger charge is -2.23. The second-order valence-electron chi connectivity index (χ2n) is 10.1. The zero-order valence-electron chi connectivity index (χ0n) is 22.7. The first-order valence-corrected chi connectivity index (χ1v) is 13.7. The molecule has 0 aliphatic rings. The third-order valence-electron chi connectivity index (χ3n) is 5.66. The van der Waals surface area contributed by atoms with Gasteiger partial charge in [-0.25, -0.2) is 0 Å². The number of unbranched alkanes of at least 4 members (excludes halogenated alkanes) is 13. The molecule has 0 aliphatic carbocycles. The molecule has 0 atom stereocenters. The summed E-state index contributed by atoms with van der Waals surface area (Å²) in [6.45, 7) is 8.06. The largest absolute Gasteiger partial charge is 1.00 e. The van der Waals surface area contributed by atoms with Crippen molar-refractivity contribution >= 4 is 0 Å². The highest BCUT2D eigenvalue weighted by Gasteiger charge is 2.05. The molecule has 0 aromatic heterocycles. The Balaban J connectivity index is 0. The number of hydrogen-bond donors (Lipinski definition) is 0. The van der Waals surface area contributed by atoms with Crippen molar-refractivity contribution in [2.45, 2.75) is 103 Å². The van der Waals surface area contributed by atoms with Gasteiger partial charge in [-0.3, -0.25) is 0 Å². The Hall–Kier alpha value is 0.0900. The number of quaternary nitrogens is 1. The van der Waals surface area contributed by atoms with Crippen molar-refractivity contribution in [3.8, 4) is 0 Å². The molecule has 0 rings (SSSR count). The number of halogens is 1. The van der Waals surface area contributed by atoms with Crippen LogP contribution in [-0.2, 0) is 18.9 Å². The molecule has 0 unspecified atom stereocenters. The fraction of sp³-hybridized carbons (Fsp3) is 1.00. The Morgan fingerprint density at radius 3 is 1.30 bits per heavy atom. The van der Waals surface area contributed by atoms with Crippen LogP contribution in [0.2, 0.25) is 0 Å². The van der Waals surface area contributed by atoms with Gasteiger partial charge >= 0.3 is 0 Å². The Kier molecular flexibility index (Phi) is 30.3. The van der Waals surface area contributed by atoms with Crippen molar-refractivity contribution < 1.29 is 35.8 Å². The summed E-state index contributed by atoms with van der Waals surface area (Å²) < 4.78 is 23.1. The first-order valence-electron chi connectivity index (χ1n) is 13.7. The number of likely N-dealkylation sites (N-methyl/N-ethyl adjacent to an activating group) is 1. The zero-order valence-corrected chi connectivity index (χ0v) is 23.5. The summed E-state index contributed by atoms with van der Waals surface area (Å²) in [4.78, 5) is 0. The molecular formula is C27H58ClNO4. The fourth-order valence-corrected chi connectivity index (χ4v) is 3.50. The Bertz CT molecular complexity index is 354. The highest BCUT2D eigenvalue weighted by Crippen LogP contribution is 2.12. The van der Waals surface area contributed by atoms with E-state index in [9.17, 15) is 0 Å². The summed E-state index contributed by atoms with van der Waals surface area (Å²) in [6, 6.07) is 0. The summed E-state index contributed by atoms with van der Waals surface area (Å²) in [5.74, 6) is 0. The minimum atomic E-state index is 0. The molecule has 0 N–H and O–H groups in total. The van der Waals surface area contributed by atoms with E-state index < -0.39 is 0 Å². The van der Waals surface area contributed by atoms with Gasteiger partial charge in [0.1, 0.15) is 13.3 Å². The number of rotatable bonds is 27. The lowest BCUT2D eigenvalue weighted by atomic mass is 10.0. The summed E-state index contributed by atoms with van der Waals surface area (Å²) in [5, 5.41) is 0. The number of nitrogens with zero attached hydrogens (tertiary/aromatic N) is 1. The van der Waals surface area contributed by atoms with Gasteiger partial charge < -0.3 is 35.8 Å². The third-order valence-corrected chi connectivity index (χ3v) is 5.66. The molecule has 33 heavy (non-hydrogen) atoms. The highest BCUT2D eigenvalue weighted by molar-refractivity contribution is 4.49. The smallest absolute Gasteiger partial charge is 0.146 e. The Morgan fingerprint density at radius 2 is 0.818 bits per heavy atom. The van der Waals surface area contributed by atoms with E-state index in [4.69, 9.17) is 18.9 Å². The Morgan fingerprint density at radius 1 is 0.424 bits per heavy atom. The van der Waals surface area contributed by atoms with Crippen LogP contribution in [0.25, 0.3) is 0 Å². The highest BCUT2D eigenvalue weighted by atomic mass is 35.5. The van der Waals surface area contributed by atoms with Gasteiger partial charge in [-0.05, 0) is 12.8 Å². The predicted octanol–water partition coefficient (Wildman–Crippen LogP) is 3.59. The van der Waals surface area contributed by atoms with Crippen LogP contribution in [0, 0.1) is 0 Å². The molecule has 0 bridgehead atoms. The van der Waals surface area contributed by atoms with Crippen LogP contribution < -0.4 is 12.4 Å². The second kappa shape index (κ2) is 28.3. The third kappa shape index (κ3) is 34.3. The molecule has 0 amide bonds. The first kappa shape index (κ1) is 35.3. The molecule has 202 valence electrons. The molecule has 5 nitrogen and oxygen atoms in total. The normalized spacial score (nSPS) is 11.6. The molecule has 0 saturated heterocycles. The van der Waals surface area contributed by atoms with Crippen LogP contribution in [0.5, 0.6) is 0 Å². The van der Waals surface area contributed by atoms with E-state index in [0.29, 0.717) is 26.6 Å². The predicted molar refractivity (Wildman–Crippen MR) is 136 cm³/mol. The molecule has 0 spiro atoms. The van der Waals surface area contributed by atoms with Crippen LogP contribution >= 0.6 is 0 Å². The van der Waals surface area contributed by atoms with E-state index in [1.54, 1.807) is 0 Å². The van der Waals surface area contributed by atoms with Crippen LogP contribution in [-0.4, -0.2) is 78.6 Å². The van der Waals surface area contributed by atoms with Gasteiger partial charge in [0, 0.05) is 13.2 Å². The molecular weight excluding hydrogens is 438 g/mol. The summed E-state index contributed by atoms with van der Waals surface area (Å²) >= 11 is 0. The van der Waals surface area contributed by atoms with E-state index in [1.165, 1.54) is 83.5 Å². The molecule has 6 heteroatoms. The van der Waals surface area contributed by atoms with E-state index in [0.717, 1.165) is 43.7 Å². The maximum absolute atomic E-state index is 5.56. The van der Waals surface area contributed by atoms with Crippen LogP contribution in [0.1, 0.15) is 103 Å². The van der Waals surface area contributed by atoms with E-state index >= 15 is 0 Å². The van der Waals surface area contributed by atoms with Gasteiger partial charge in [0.15, 0.2) is 0 Å². The van der Waals surface area contributed by atoms with E-state index in [1.807, 2.05) is 0 Å².